The van der Waals surface area contributed by atoms with Crippen molar-refractivity contribution in [1.29, 1.82) is 0 Å². The first kappa shape index (κ1) is 13.6. The molecule has 20 heavy (non-hydrogen) atoms. The minimum absolute atomic E-state index is 0.667. The molecule has 0 saturated heterocycles. The van der Waals surface area contributed by atoms with Crippen LogP contribution < -0.4 is 10.1 Å². The van der Waals surface area contributed by atoms with Gasteiger partial charge < -0.3 is 10.1 Å². The van der Waals surface area contributed by atoms with Crippen LogP contribution in [0.4, 0.5) is 0 Å². The number of pyridine rings is 1. The number of rotatable bonds is 4. The molecule has 2 aromatic rings. The van der Waals surface area contributed by atoms with E-state index in [0.29, 0.717) is 5.88 Å². The average Bonchev–Trinajstić information content (AvgIpc) is 2.89. The van der Waals surface area contributed by atoms with E-state index < -0.39 is 0 Å². The third-order valence-corrected chi connectivity index (χ3v) is 3.98. The van der Waals surface area contributed by atoms with E-state index in [1.54, 1.807) is 6.20 Å². The van der Waals surface area contributed by atoms with E-state index in [1.807, 2.05) is 19.2 Å². The Kier molecular flexibility index (Phi) is 4.03. The van der Waals surface area contributed by atoms with Crippen LogP contribution in [0.25, 0.3) is 0 Å². The number of ether oxygens (including phenoxy) is 1. The fourth-order valence-corrected chi connectivity index (χ4v) is 2.98. The fraction of sp³-hybridized carbons (Fsp3) is 0.312. The lowest BCUT2D eigenvalue weighted by Crippen LogP contribution is -2.07. The SMILES string of the molecule is CNCc1cc(Br)cnc1Oc1ccc2c(c1)CCC2. The van der Waals surface area contributed by atoms with Crippen LogP contribution in [0.1, 0.15) is 23.1 Å². The quantitative estimate of drug-likeness (QED) is 0.923. The number of aromatic nitrogens is 1. The largest absolute Gasteiger partial charge is 0.439 e. The molecule has 0 atom stereocenters. The van der Waals surface area contributed by atoms with Crippen molar-refractivity contribution in [1.82, 2.24) is 10.3 Å². The number of nitrogens with one attached hydrogen (secondary N) is 1. The highest BCUT2D eigenvalue weighted by Gasteiger charge is 2.13. The molecule has 0 aliphatic heterocycles. The van der Waals surface area contributed by atoms with Gasteiger partial charge in [0.1, 0.15) is 5.75 Å². The molecule has 0 bridgehead atoms. The van der Waals surface area contributed by atoms with Crippen LogP contribution in [0.15, 0.2) is 34.9 Å². The molecule has 0 amide bonds. The predicted molar refractivity (Wildman–Crippen MR) is 83.2 cm³/mol. The zero-order valence-electron chi connectivity index (χ0n) is 11.4. The predicted octanol–water partition coefficient (Wildman–Crippen LogP) is 3.84. The van der Waals surface area contributed by atoms with E-state index in [1.165, 1.54) is 24.0 Å². The van der Waals surface area contributed by atoms with Crippen molar-refractivity contribution in [2.24, 2.45) is 0 Å². The Morgan fingerprint density at radius 2 is 2.10 bits per heavy atom. The second kappa shape index (κ2) is 5.94. The molecule has 1 aliphatic carbocycles. The summed E-state index contributed by atoms with van der Waals surface area (Å²) in [5.74, 6) is 1.54. The lowest BCUT2D eigenvalue weighted by Gasteiger charge is -2.11. The second-order valence-corrected chi connectivity index (χ2v) is 5.95. The van der Waals surface area contributed by atoms with Gasteiger partial charge in [0.25, 0.3) is 0 Å². The monoisotopic (exact) mass is 332 g/mol. The second-order valence-electron chi connectivity index (χ2n) is 5.03. The van der Waals surface area contributed by atoms with Crippen LogP contribution >= 0.6 is 15.9 Å². The molecule has 0 fully saturated rings. The number of halogens is 1. The van der Waals surface area contributed by atoms with Crippen LogP contribution in [-0.2, 0) is 19.4 Å². The van der Waals surface area contributed by atoms with Crippen molar-refractivity contribution >= 4 is 15.9 Å². The van der Waals surface area contributed by atoms with Crippen molar-refractivity contribution in [2.45, 2.75) is 25.8 Å². The topological polar surface area (TPSA) is 34.2 Å². The summed E-state index contributed by atoms with van der Waals surface area (Å²) in [5.41, 5.74) is 3.91. The molecule has 3 rings (SSSR count). The number of aryl methyl sites for hydroxylation is 2. The molecule has 1 aromatic carbocycles. The zero-order valence-corrected chi connectivity index (χ0v) is 13.0. The summed E-state index contributed by atoms with van der Waals surface area (Å²) < 4.78 is 6.93. The molecule has 0 radical (unpaired) electrons. The van der Waals surface area contributed by atoms with Crippen LogP contribution in [0.5, 0.6) is 11.6 Å². The number of benzene rings is 1. The van der Waals surface area contributed by atoms with Gasteiger partial charge in [-0.3, -0.25) is 0 Å². The molecular weight excluding hydrogens is 316 g/mol. The standard InChI is InChI=1S/C16H17BrN2O/c1-18-9-13-7-14(17)10-19-16(13)20-15-6-5-11-3-2-4-12(11)8-15/h5-8,10,18H,2-4,9H2,1H3. The molecular formula is C16H17BrN2O. The summed E-state index contributed by atoms with van der Waals surface area (Å²) in [5, 5.41) is 3.14. The molecule has 3 nitrogen and oxygen atoms in total. The van der Waals surface area contributed by atoms with Gasteiger partial charge in [-0.25, -0.2) is 4.98 Å². The highest BCUT2D eigenvalue weighted by molar-refractivity contribution is 9.10. The molecule has 0 saturated carbocycles. The minimum atomic E-state index is 0.667. The van der Waals surface area contributed by atoms with E-state index in [2.05, 4.69) is 38.4 Å². The normalized spacial score (nSPS) is 13.3. The minimum Gasteiger partial charge on any atom is -0.439 e. The molecule has 0 unspecified atom stereocenters. The number of hydrogen-bond donors (Lipinski definition) is 1. The van der Waals surface area contributed by atoms with Crippen LogP contribution in [0, 0.1) is 0 Å². The van der Waals surface area contributed by atoms with Crippen molar-refractivity contribution < 1.29 is 4.74 Å². The van der Waals surface area contributed by atoms with Crippen LogP contribution in [0.3, 0.4) is 0 Å². The molecule has 104 valence electrons. The van der Waals surface area contributed by atoms with Crippen molar-refractivity contribution in [3.63, 3.8) is 0 Å². The molecule has 0 spiro atoms. The van der Waals surface area contributed by atoms with Gasteiger partial charge in [0.15, 0.2) is 0 Å². The van der Waals surface area contributed by atoms with Gasteiger partial charge >= 0.3 is 0 Å². The fourth-order valence-electron chi connectivity index (χ4n) is 2.60. The maximum absolute atomic E-state index is 5.97. The number of hydrogen-bond acceptors (Lipinski definition) is 3. The van der Waals surface area contributed by atoms with E-state index in [4.69, 9.17) is 4.74 Å². The first-order valence-corrected chi connectivity index (χ1v) is 7.64. The van der Waals surface area contributed by atoms with Gasteiger partial charge in [-0.2, -0.15) is 0 Å². The van der Waals surface area contributed by atoms with Gasteiger partial charge in [-0.1, -0.05) is 6.07 Å². The zero-order chi connectivity index (χ0) is 13.9. The lowest BCUT2D eigenvalue weighted by atomic mass is 10.1. The summed E-state index contributed by atoms with van der Waals surface area (Å²) in [6, 6.07) is 8.40. The Balaban J connectivity index is 1.87. The highest BCUT2D eigenvalue weighted by Crippen LogP contribution is 2.30. The molecule has 1 aliphatic rings. The Bertz CT molecular complexity index is 628. The van der Waals surface area contributed by atoms with E-state index in [9.17, 15) is 0 Å². The van der Waals surface area contributed by atoms with Crippen LogP contribution in [0.2, 0.25) is 0 Å². The molecule has 4 heteroatoms. The number of nitrogens with zero attached hydrogens (tertiary/aromatic N) is 1. The van der Waals surface area contributed by atoms with E-state index in [-0.39, 0.29) is 0 Å². The van der Waals surface area contributed by atoms with Crippen molar-refractivity contribution in [3.05, 3.63) is 51.6 Å². The number of fused-ring (bicyclic) bond motifs is 1. The van der Waals surface area contributed by atoms with Gasteiger partial charge in [0.2, 0.25) is 5.88 Å². The Hall–Kier alpha value is -1.39. The summed E-state index contributed by atoms with van der Waals surface area (Å²) in [7, 11) is 1.92. The van der Waals surface area contributed by atoms with E-state index in [0.717, 1.165) is 28.8 Å². The summed E-state index contributed by atoms with van der Waals surface area (Å²) >= 11 is 3.45. The Morgan fingerprint density at radius 3 is 2.95 bits per heavy atom. The van der Waals surface area contributed by atoms with Gasteiger partial charge in [-0.15, -0.1) is 0 Å². The van der Waals surface area contributed by atoms with Crippen LogP contribution in [-0.4, -0.2) is 12.0 Å². The first-order valence-electron chi connectivity index (χ1n) is 6.85. The molecule has 1 N–H and O–H groups in total. The third-order valence-electron chi connectivity index (χ3n) is 3.54. The van der Waals surface area contributed by atoms with Gasteiger partial charge in [0, 0.05) is 22.8 Å². The maximum Gasteiger partial charge on any atom is 0.223 e. The average molecular weight is 333 g/mol. The van der Waals surface area contributed by atoms with Crippen molar-refractivity contribution in [2.75, 3.05) is 7.05 Å². The lowest BCUT2D eigenvalue weighted by molar-refractivity contribution is 0.453. The molecule has 1 aromatic heterocycles. The maximum atomic E-state index is 5.97. The first-order chi connectivity index (χ1) is 9.76. The highest BCUT2D eigenvalue weighted by atomic mass is 79.9. The van der Waals surface area contributed by atoms with Gasteiger partial charge in [-0.05, 0) is 71.6 Å². The Morgan fingerprint density at radius 1 is 1.25 bits per heavy atom. The smallest absolute Gasteiger partial charge is 0.223 e. The van der Waals surface area contributed by atoms with Crippen molar-refractivity contribution in [3.8, 4) is 11.6 Å². The summed E-state index contributed by atoms with van der Waals surface area (Å²) in [6.45, 7) is 0.729. The molecule has 1 heterocycles. The van der Waals surface area contributed by atoms with Gasteiger partial charge in [0.05, 0.1) is 0 Å². The van der Waals surface area contributed by atoms with E-state index >= 15 is 0 Å². The summed E-state index contributed by atoms with van der Waals surface area (Å²) in [4.78, 5) is 4.38. The Labute approximate surface area is 127 Å². The third kappa shape index (κ3) is 2.86. The summed E-state index contributed by atoms with van der Waals surface area (Å²) in [6.07, 6.45) is 5.36.